The number of rotatable bonds is 2. The Morgan fingerprint density at radius 3 is 2.85 bits per heavy atom. The van der Waals surface area contributed by atoms with E-state index in [9.17, 15) is 4.79 Å². The topological polar surface area (TPSA) is 38.1 Å². The molecule has 104 valence electrons. The first-order valence-corrected chi connectivity index (χ1v) is 7.02. The van der Waals surface area contributed by atoms with Crippen LogP contribution in [0.3, 0.4) is 0 Å². The molecular formula is C16H19N3O. The lowest BCUT2D eigenvalue weighted by Gasteiger charge is -2.24. The Bertz CT molecular complexity index is 645. The molecule has 0 atom stereocenters. The molecule has 1 aliphatic rings. The van der Waals surface area contributed by atoms with Crippen LogP contribution in [0.5, 0.6) is 0 Å². The van der Waals surface area contributed by atoms with Crippen LogP contribution < -0.4 is 4.90 Å². The minimum Gasteiger partial charge on any atom is -0.365 e. The SMILES string of the molecule is Cc1cc(CN2CCCC(=O)c3ccccc32)n(C)n1. The smallest absolute Gasteiger partial charge is 0.165 e. The van der Waals surface area contributed by atoms with E-state index in [0.717, 1.165) is 36.5 Å². The van der Waals surface area contributed by atoms with Gasteiger partial charge in [-0.3, -0.25) is 9.48 Å². The molecule has 4 heteroatoms. The number of carbonyl (C=O) groups excluding carboxylic acids is 1. The number of aromatic nitrogens is 2. The first kappa shape index (κ1) is 12.9. The average Bonchev–Trinajstić information content (AvgIpc) is 2.66. The van der Waals surface area contributed by atoms with Crippen LogP contribution in [0.4, 0.5) is 5.69 Å². The van der Waals surface area contributed by atoms with Gasteiger partial charge in [-0.2, -0.15) is 5.10 Å². The van der Waals surface area contributed by atoms with Crippen LogP contribution in [-0.2, 0) is 13.6 Å². The van der Waals surface area contributed by atoms with Crippen molar-refractivity contribution in [1.82, 2.24) is 9.78 Å². The number of anilines is 1. The summed E-state index contributed by atoms with van der Waals surface area (Å²) in [5.41, 5.74) is 4.10. The van der Waals surface area contributed by atoms with E-state index in [4.69, 9.17) is 0 Å². The van der Waals surface area contributed by atoms with Gasteiger partial charge in [-0.25, -0.2) is 0 Å². The maximum absolute atomic E-state index is 12.1. The predicted molar refractivity (Wildman–Crippen MR) is 79.0 cm³/mol. The van der Waals surface area contributed by atoms with Gasteiger partial charge in [0.05, 0.1) is 17.9 Å². The van der Waals surface area contributed by atoms with Gasteiger partial charge in [0.1, 0.15) is 0 Å². The summed E-state index contributed by atoms with van der Waals surface area (Å²) in [5.74, 6) is 0.254. The van der Waals surface area contributed by atoms with Crippen LogP contribution in [0.2, 0.25) is 0 Å². The lowest BCUT2D eigenvalue weighted by molar-refractivity contribution is 0.0984. The lowest BCUT2D eigenvalue weighted by atomic mass is 10.1. The van der Waals surface area contributed by atoms with Crippen molar-refractivity contribution in [2.45, 2.75) is 26.3 Å². The van der Waals surface area contributed by atoms with Crippen molar-refractivity contribution < 1.29 is 4.79 Å². The van der Waals surface area contributed by atoms with Crippen molar-refractivity contribution in [1.29, 1.82) is 0 Å². The first-order valence-electron chi connectivity index (χ1n) is 7.02. The minimum atomic E-state index is 0.254. The van der Waals surface area contributed by atoms with Gasteiger partial charge in [0, 0.05) is 31.3 Å². The molecule has 1 aliphatic heterocycles. The van der Waals surface area contributed by atoms with Gasteiger partial charge in [0.2, 0.25) is 0 Å². The third kappa shape index (κ3) is 2.33. The molecule has 3 rings (SSSR count). The standard InChI is InChI=1S/C16H19N3O/c1-12-10-13(18(2)17-12)11-19-9-5-8-16(20)14-6-3-4-7-15(14)19/h3-4,6-7,10H,5,8-9,11H2,1-2H3. The summed E-state index contributed by atoms with van der Waals surface area (Å²) in [5, 5.41) is 4.39. The normalized spacial score (nSPS) is 15.1. The predicted octanol–water partition coefficient (Wildman–Crippen LogP) is 2.71. The second-order valence-electron chi connectivity index (χ2n) is 5.37. The van der Waals surface area contributed by atoms with Crippen LogP contribution in [0, 0.1) is 6.92 Å². The van der Waals surface area contributed by atoms with E-state index in [0.29, 0.717) is 6.42 Å². The molecule has 0 aliphatic carbocycles. The van der Waals surface area contributed by atoms with Crippen molar-refractivity contribution in [3.05, 3.63) is 47.3 Å². The number of ketones is 1. The summed E-state index contributed by atoms with van der Waals surface area (Å²) in [4.78, 5) is 14.4. The molecule has 0 N–H and O–H groups in total. The quantitative estimate of drug-likeness (QED) is 0.841. The summed E-state index contributed by atoms with van der Waals surface area (Å²) in [6.07, 6.45) is 1.54. The second kappa shape index (κ2) is 5.12. The summed E-state index contributed by atoms with van der Waals surface area (Å²) < 4.78 is 1.92. The molecule has 4 nitrogen and oxygen atoms in total. The van der Waals surface area contributed by atoms with E-state index >= 15 is 0 Å². The number of hydrogen-bond donors (Lipinski definition) is 0. The Labute approximate surface area is 119 Å². The highest BCUT2D eigenvalue weighted by molar-refractivity contribution is 6.01. The molecule has 2 heterocycles. The summed E-state index contributed by atoms with van der Waals surface area (Å²) >= 11 is 0. The summed E-state index contributed by atoms with van der Waals surface area (Å²) in [6.45, 7) is 3.71. The number of benzene rings is 1. The highest BCUT2D eigenvalue weighted by atomic mass is 16.1. The third-order valence-electron chi connectivity index (χ3n) is 3.83. The second-order valence-corrected chi connectivity index (χ2v) is 5.37. The van der Waals surface area contributed by atoms with E-state index in [2.05, 4.69) is 16.1 Å². The number of nitrogens with zero attached hydrogens (tertiary/aromatic N) is 3. The molecule has 1 aromatic carbocycles. The Morgan fingerprint density at radius 2 is 2.10 bits per heavy atom. The lowest BCUT2D eigenvalue weighted by Crippen LogP contribution is -2.24. The third-order valence-corrected chi connectivity index (χ3v) is 3.83. The zero-order valence-corrected chi connectivity index (χ0v) is 12.0. The first-order chi connectivity index (χ1) is 9.65. The van der Waals surface area contributed by atoms with Gasteiger partial charge in [-0.15, -0.1) is 0 Å². The average molecular weight is 269 g/mol. The van der Waals surface area contributed by atoms with Crippen molar-refractivity contribution in [3.63, 3.8) is 0 Å². The van der Waals surface area contributed by atoms with Crippen LogP contribution in [-0.4, -0.2) is 22.1 Å². The Hall–Kier alpha value is -2.10. The zero-order chi connectivity index (χ0) is 14.1. The molecule has 0 bridgehead atoms. The van der Waals surface area contributed by atoms with Crippen LogP contribution in [0.1, 0.15) is 34.6 Å². The van der Waals surface area contributed by atoms with Crippen molar-refractivity contribution >= 4 is 11.5 Å². The van der Waals surface area contributed by atoms with Gasteiger partial charge >= 0.3 is 0 Å². The number of para-hydroxylation sites is 1. The van der Waals surface area contributed by atoms with E-state index in [1.165, 1.54) is 5.69 Å². The summed E-state index contributed by atoms with van der Waals surface area (Å²) in [6, 6.07) is 10.0. The molecule has 0 amide bonds. The molecule has 0 spiro atoms. The molecule has 1 aromatic heterocycles. The molecule has 0 unspecified atom stereocenters. The van der Waals surface area contributed by atoms with Crippen molar-refractivity contribution in [2.75, 3.05) is 11.4 Å². The van der Waals surface area contributed by atoms with Crippen LogP contribution in [0.15, 0.2) is 30.3 Å². The highest BCUT2D eigenvalue weighted by Gasteiger charge is 2.21. The van der Waals surface area contributed by atoms with E-state index in [1.807, 2.05) is 42.9 Å². The van der Waals surface area contributed by atoms with Gasteiger partial charge in [-0.05, 0) is 31.5 Å². The number of aryl methyl sites for hydroxylation is 2. The zero-order valence-electron chi connectivity index (χ0n) is 12.0. The van der Waals surface area contributed by atoms with Gasteiger partial charge in [-0.1, -0.05) is 12.1 Å². The Kier molecular flexibility index (Phi) is 3.30. The van der Waals surface area contributed by atoms with Crippen LogP contribution >= 0.6 is 0 Å². The molecule has 0 saturated carbocycles. The Morgan fingerprint density at radius 1 is 1.30 bits per heavy atom. The molecule has 0 fully saturated rings. The van der Waals surface area contributed by atoms with Gasteiger partial charge in [0.25, 0.3) is 0 Å². The van der Waals surface area contributed by atoms with Crippen LogP contribution in [0.25, 0.3) is 0 Å². The fourth-order valence-electron chi connectivity index (χ4n) is 2.84. The molecular weight excluding hydrogens is 250 g/mol. The highest BCUT2D eigenvalue weighted by Crippen LogP contribution is 2.27. The van der Waals surface area contributed by atoms with Crippen molar-refractivity contribution in [2.24, 2.45) is 7.05 Å². The minimum absolute atomic E-state index is 0.254. The number of Topliss-reactive ketones (excluding diaryl/α,β-unsaturated/α-hetero) is 1. The maximum Gasteiger partial charge on any atom is 0.165 e. The monoisotopic (exact) mass is 269 g/mol. The molecule has 20 heavy (non-hydrogen) atoms. The number of carbonyl (C=O) groups is 1. The fraction of sp³-hybridized carbons (Fsp3) is 0.375. The Balaban J connectivity index is 1.95. The number of hydrogen-bond acceptors (Lipinski definition) is 3. The molecule has 2 aromatic rings. The van der Waals surface area contributed by atoms with E-state index in [1.54, 1.807) is 0 Å². The maximum atomic E-state index is 12.1. The fourth-order valence-corrected chi connectivity index (χ4v) is 2.84. The van der Waals surface area contributed by atoms with E-state index in [-0.39, 0.29) is 5.78 Å². The largest absolute Gasteiger partial charge is 0.365 e. The van der Waals surface area contributed by atoms with Gasteiger partial charge < -0.3 is 4.90 Å². The number of fused-ring (bicyclic) bond motifs is 1. The molecule has 0 saturated heterocycles. The molecule has 0 radical (unpaired) electrons. The summed E-state index contributed by atoms with van der Waals surface area (Å²) in [7, 11) is 1.97. The van der Waals surface area contributed by atoms with E-state index < -0.39 is 0 Å². The van der Waals surface area contributed by atoms with Crippen molar-refractivity contribution in [3.8, 4) is 0 Å². The van der Waals surface area contributed by atoms with Gasteiger partial charge in [0.15, 0.2) is 5.78 Å².